The second-order valence-electron chi connectivity index (χ2n) is 6.35. The van der Waals surface area contributed by atoms with Crippen LogP contribution in [0.25, 0.3) is 0 Å². The number of nitrogens with zero attached hydrogens (tertiary/aromatic N) is 2. The van der Waals surface area contributed by atoms with Gasteiger partial charge in [-0.25, -0.2) is 0 Å². The van der Waals surface area contributed by atoms with E-state index in [1.165, 1.54) is 22.5 Å². The number of hydrogen-bond acceptors (Lipinski definition) is 4. The molecule has 0 saturated carbocycles. The van der Waals surface area contributed by atoms with Crippen LogP contribution >= 0.6 is 11.3 Å². The smallest absolute Gasteiger partial charge is 0.265 e. The summed E-state index contributed by atoms with van der Waals surface area (Å²) in [5.74, 6) is 0.770. The fourth-order valence-electron chi connectivity index (χ4n) is 2.68. The minimum absolute atomic E-state index is 0.125. The van der Waals surface area contributed by atoms with Crippen molar-refractivity contribution in [3.8, 4) is 5.75 Å². The Kier molecular flexibility index (Phi) is 5.42. The number of carbonyl (C=O) groups is 1. The molecule has 5 nitrogen and oxygen atoms in total. The molecule has 0 aliphatic rings. The molecule has 0 bridgehead atoms. The summed E-state index contributed by atoms with van der Waals surface area (Å²) in [5, 5.41) is 8.99. The molecule has 0 atom stereocenters. The molecular formula is C20H23N3O2S. The van der Waals surface area contributed by atoms with Gasteiger partial charge in [0.2, 0.25) is 0 Å². The number of thiophene rings is 1. The van der Waals surface area contributed by atoms with Gasteiger partial charge in [0.05, 0.1) is 16.8 Å². The molecule has 0 unspecified atom stereocenters. The lowest BCUT2D eigenvalue weighted by Crippen LogP contribution is -2.09. The first kappa shape index (κ1) is 18.2. The van der Waals surface area contributed by atoms with Gasteiger partial charge in [0.15, 0.2) is 0 Å². The highest BCUT2D eigenvalue weighted by Crippen LogP contribution is 2.25. The highest BCUT2D eigenvalue weighted by atomic mass is 32.1. The fourth-order valence-corrected chi connectivity index (χ4v) is 3.47. The molecule has 26 heavy (non-hydrogen) atoms. The second kappa shape index (κ2) is 7.74. The predicted octanol–water partition coefficient (Wildman–Crippen LogP) is 4.72. The molecule has 3 aromatic rings. The van der Waals surface area contributed by atoms with Gasteiger partial charge < -0.3 is 10.1 Å². The van der Waals surface area contributed by atoms with E-state index in [0.29, 0.717) is 17.2 Å². The van der Waals surface area contributed by atoms with E-state index in [1.54, 1.807) is 10.9 Å². The van der Waals surface area contributed by atoms with Crippen molar-refractivity contribution >= 4 is 22.9 Å². The number of carbonyl (C=O) groups excluding carboxylic acids is 1. The summed E-state index contributed by atoms with van der Waals surface area (Å²) >= 11 is 1.42. The van der Waals surface area contributed by atoms with E-state index in [9.17, 15) is 4.79 Å². The van der Waals surface area contributed by atoms with Crippen LogP contribution in [0.3, 0.4) is 0 Å². The Hall–Kier alpha value is -2.60. The minimum Gasteiger partial charge on any atom is -0.489 e. The van der Waals surface area contributed by atoms with Crippen molar-refractivity contribution in [2.24, 2.45) is 0 Å². The molecule has 0 aliphatic carbocycles. The number of rotatable bonds is 6. The van der Waals surface area contributed by atoms with Gasteiger partial charge in [-0.15, -0.1) is 11.3 Å². The summed E-state index contributed by atoms with van der Waals surface area (Å²) in [7, 11) is 0. The summed E-state index contributed by atoms with van der Waals surface area (Å²) in [6, 6.07) is 6.08. The molecule has 0 fully saturated rings. The average molecular weight is 369 g/mol. The van der Waals surface area contributed by atoms with Crippen LogP contribution in [-0.4, -0.2) is 15.7 Å². The van der Waals surface area contributed by atoms with Crippen molar-refractivity contribution in [2.75, 3.05) is 5.32 Å². The van der Waals surface area contributed by atoms with E-state index in [1.807, 2.05) is 30.6 Å². The van der Waals surface area contributed by atoms with E-state index in [2.05, 4.69) is 37.3 Å². The summed E-state index contributed by atoms with van der Waals surface area (Å²) < 4.78 is 7.75. The SMILES string of the molecule is CCn1cc(NC(=O)c2cc(COc3cc(C)cc(C)c3C)cs2)cn1. The van der Waals surface area contributed by atoms with Crippen molar-refractivity contribution in [1.82, 2.24) is 9.78 Å². The maximum Gasteiger partial charge on any atom is 0.265 e. The zero-order chi connectivity index (χ0) is 18.7. The van der Waals surface area contributed by atoms with Crippen LogP contribution in [0.1, 0.15) is 38.8 Å². The van der Waals surface area contributed by atoms with E-state index in [0.717, 1.165) is 23.4 Å². The topological polar surface area (TPSA) is 56.2 Å². The largest absolute Gasteiger partial charge is 0.489 e. The van der Waals surface area contributed by atoms with Crippen LogP contribution in [0.2, 0.25) is 0 Å². The van der Waals surface area contributed by atoms with Crippen molar-refractivity contribution in [1.29, 1.82) is 0 Å². The number of ether oxygens (including phenoxy) is 1. The molecular weight excluding hydrogens is 346 g/mol. The van der Waals surface area contributed by atoms with Gasteiger partial charge in [0, 0.05) is 18.3 Å². The number of hydrogen-bond donors (Lipinski definition) is 1. The summed E-state index contributed by atoms with van der Waals surface area (Å²) in [4.78, 5) is 13.0. The lowest BCUT2D eigenvalue weighted by Gasteiger charge is -2.11. The Bertz CT molecular complexity index is 927. The zero-order valence-electron chi connectivity index (χ0n) is 15.5. The van der Waals surface area contributed by atoms with Crippen LogP contribution in [0.4, 0.5) is 5.69 Å². The normalized spacial score (nSPS) is 10.8. The van der Waals surface area contributed by atoms with Crippen LogP contribution in [0, 0.1) is 20.8 Å². The Morgan fingerprint density at radius 1 is 1.27 bits per heavy atom. The average Bonchev–Trinajstić information content (AvgIpc) is 3.26. The van der Waals surface area contributed by atoms with Crippen molar-refractivity contribution in [3.05, 3.63) is 63.1 Å². The highest BCUT2D eigenvalue weighted by Gasteiger charge is 2.12. The van der Waals surface area contributed by atoms with Gasteiger partial charge in [-0.1, -0.05) is 6.07 Å². The Morgan fingerprint density at radius 3 is 2.81 bits per heavy atom. The predicted molar refractivity (Wildman–Crippen MR) is 105 cm³/mol. The van der Waals surface area contributed by atoms with Gasteiger partial charge in [-0.3, -0.25) is 9.48 Å². The molecule has 1 amide bonds. The van der Waals surface area contributed by atoms with Gasteiger partial charge in [-0.2, -0.15) is 5.10 Å². The number of aromatic nitrogens is 2. The number of benzene rings is 1. The molecule has 3 rings (SSSR count). The molecule has 0 saturated heterocycles. The Labute approximate surface area is 157 Å². The minimum atomic E-state index is -0.125. The molecule has 0 spiro atoms. The Morgan fingerprint density at radius 2 is 2.08 bits per heavy atom. The second-order valence-corrected chi connectivity index (χ2v) is 7.26. The van der Waals surface area contributed by atoms with Crippen LogP contribution in [0.15, 0.2) is 36.0 Å². The number of amides is 1. The van der Waals surface area contributed by atoms with Gasteiger partial charge in [0.25, 0.3) is 5.91 Å². The van der Waals surface area contributed by atoms with Crippen molar-refractivity contribution in [2.45, 2.75) is 40.8 Å². The third-order valence-electron chi connectivity index (χ3n) is 4.25. The van der Waals surface area contributed by atoms with Crippen LogP contribution in [0.5, 0.6) is 5.75 Å². The first-order chi connectivity index (χ1) is 12.5. The Balaban J connectivity index is 1.63. The molecule has 0 aliphatic heterocycles. The van der Waals surface area contributed by atoms with E-state index in [4.69, 9.17) is 4.74 Å². The molecule has 2 heterocycles. The zero-order valence-corrected chi connectivity index (χ0v) is 16.3. The monoisotopic (exact) mass is 369 g/mol. The van der Waals surface area contributed by atoms with Gasteiger partial charge in [0.1, 0.15) is 12.4 Å². The molecule has 2 aromatic heterocycles. The van der Waals surface area contributed by atoms with Crippen LogP contribution < -0.4 is 10.1 Å². The lowest BCUT2D eigenvalue weighted by molar-refractivity contribution is 0.103. The number of nitrogens with one attached hydrogen (secondary N) is 1. The first-order valence-electron chi connectivity index (χ1n) is 8.58. The molecule has 136 valence electrons. The van der Waals surface area contributed by atoms with E-state index >= 15 is 0 Å². The lowest BCUT2D eigenvalue weighted by atomic mass is 10.1. The van der Waals surface area contributed by atoms with E-state index < -0.39 is 0 Å². The quantitative estimate of drug-likeness (QED) is 0.684. The van der Waals surface area contributed by atoms with Gasteiger partial charge >= 0.3 is 0 Å². The summed E-state index contributed by atoms with van der Waals surface area (Å²) in [5.41, 5.74) is 5.24. The molecule has 0 radical (unpaired) electrons. The molecule has 1 aromatic carbocycles. The summed E-state index contributed by atoms with van der Waals surface area (Å²) in [6.07, 6.45) is 3.47. The number of aryl methyl sites for hydroxylation is 3. The fraction of sp³-hybridized carbons (Fsp3) is 0.300. The number of anilines is 1. The first-order valence-corrected chi connectivity index (χ1v) is 9.46. The summed E-state index contributed by atoms with van der Waals surface area (Å²) in [6.45, 7) is 9.43. The molecule has 6 heteroatoms. The van der Waals surface area contributed by atoms with Crippen LogP contribution in [-0.2, 0) is 13.2 Å². The third kappa shape index (κ3) is 4.14. The maximum atomic E-state index is 12.4. The van der Waals surface area contributed by atoms with Crippen molar-refractivity contribution < 1.29 is 9.53 Å². The third-order valence-corrected chi connectivity index (χ3v) is 5.23. The molecule has 1 N–H and O–H groups in total. The maximum absolute atomic E-state index is 12.4. The van der Waals surface area contributed by atoms with Crippen molar-refractivity contribution in [3.63, 3.8) is 0 Å². The van der Waals surface area contributed by atoms with Gasteiger partial charge in [-0.05, 0) is 61.9 Å². The van der Waals surface area contributed by atoms with E-state index in [-0.39, 0.29) is 5.91 Å². The standard InChI is InChI=1S/C20H23N3O2S/c1-5-23-10-17(9-21-23)22-20(24)19-8-16(12-26-19)11-25-18-7-13(2)6-14(3)15(18)4/h6-10,12H,5,11H2,1-4H3,(H,22,24). The highest BCUT2D eigenvalue weighted by molar-refractivity contribution is 7.12.